The Morgan fingerprint density at radius 2 is 1.81 bits per heavy atom. The summed E-state index contributed by atoms with van der Waals surface area (Å²) in [6, 6.07) is 5.26. The van der Waals surface area contributed by atoms with Crippen LogP contribution in [0.1, 0.15) is 19.4 Å². The summed E-state index contributed by atoms with van der Waals surface area (Å²) in [5, 5.41) is 0. The van der Waals surface area contributed by atoms with Gasteiger partial charge in [-0.3, -0.25) is 9.59 Å². The lowest BCUT2D eigenvalue weighted by atomic mass is 10.2. The van der Waals surface area contributed by atoms with Crippen molar-refractivity contribution in [2.45, 2.75) is 13.8 Å². The van der Waals surface area contributed by atoms with Gasteiger partial charge in [-0.2, -0.15) is 0 Å². The zero-order valence-electron chi connectivity index (χ0n) is 15.8. The number of benzene rings is 1. The number of esters is 1. The largest absolute Gasteiger partial charge is 0.454 e. The van der Waals surface area contributed by atoms with Crippen LogP contribution in [0.2, 0.25) is 0 Å². The fourth-order valence-electron chi connectivity index (χ4n) is 2.44. The molecule has 146 valence electrons. The van der Waals surface area contributed by atoms with Gasteiger partial charge >= 0.3 is 5.97 Å². The second-order valence-electron chi connectivity index (χ2n) is 5.87. The zero-order chi connectivity index (χ0) is 19.8. The molecule has 0 aliphatic carbocycles. The van der Waals surface area contributed by atoms with Crippen LogP contribution < -0.4 is 9.47 Å². The standard InChI is InChI=1S/C19H24N2O6/c1-4-21(5-2)17(22)11-20(3)18(23)12-25-19(24)9-7-14-6-8-15-16(10-14)27-13-26-15/h6-10H,4-5,11-13H2,1-3H3/b9-7+. The molecule has 0 unspecified atom stereocenters. The Balaban J connectivity index is 1.79. The van der Waals surface area contributed by atoms with Gasteiger partial charge in [0.25, 0.3) is 5.91 Å². The Kier molecular flexibility index (Phi) is 7.22. The van der Waals surface area contributed by atoms with Crippen LogP contribution in [0.25, 0.3) is 6.08 Å². The van der Waals surface area contributed by atoms with Gasteiger partial charge in [0, 0.05) is 26.2 Å². The molecule has 0 spiro atoms. The van der Waals surface area contributed by atoms with Crippen molar-refractivity contribution in [2.24, 2.45) is 0 Å². The van der Waals surface area contributed by atoms with Crippen molar-refractivity contribution in [1.82, 2.24) is 9.80 Å². The maximum Gasteiger partial charge on any atom is 0.331 e. The van der Waals surface area contributed by atoms with E-state index in [0.29, 0.717) is 24.6 Å². The van der Waals surface area contributed by atoms with Crippen LogP contribution in [0.4, 0.5) is 0 Å². The second kappa shape index (κ2) is 9.61. The predicted molar refractivity (Wildman–Crippen MR) is 98.1 cm³/mol. The van der Waals surface area contributed by atoms with E-state index >= 15 is 0 Å². The molecule has 1 aromatic carbocycles. The molecule has 2 rings (SSSR count). The van der Waals surface area contributed by atoms with E-state index in [2.05, 4.69) is 0 Å². The molecule has 0 saturated carbocycles. The van der Waals surface area contributed by atoms with E-state index in [1.165, 1.54) is 18.0 Å². The Bertz CT molecular complexity index is 727. The van der Waals surface area contributed by atoms with E-state index in [1.807, 2.05) is 13.8 Å². The minimum Gasteiger partial charge on any atom is -0.454 e. The first-order valence-electron chi connectivity index (χ1n) is 8.70. The molecule has 0 aromatic heterocycles. The zero-order valence-corrected chi connectivity index (χ0v) is 15.8. The number of carbonyl (C=O) groups excluding carboxylic acids is 3. The van der Waals surface area contributed by atoms with Crippen LogP contribution in [0, 0.1) is 0 Å². The molecule has 2 amide bonds. The van der Waals surface area contributed by atoms with E-state index in [1.54, 1.807) is 29.2 Å². The molecule has 1 heterocycles. The summed E-state index contributed by atoms with van der Waals surface area (Å²) < 4.78 is 15.4. The SMILES string of the molecule is CCN(CC)C(=O)CN(C)C(=O)COC(=O)/C=C/c1ccc2c(c1)OCO2. The minimum absolute atomic E-state index is 0.0505. The Labute approximate surface area is 158 Å². The first-order chi connectivity index (χ1) is 12.9. The lowest BCUT2D eigenvalue weighted by molar-refractivity contribution is -0.149. The predicted octanol–water partition coefficient (Wildman–Crippen LogP) is 1.30. The van der Waals surface area contributed by atoms with Gasteiger partial charge in [0.05, 0.1) is 6.54 Å². The molecule has 0 N–H and O–H groups in total. The quantitative estimate of drug-likeness (QED) is 0.502. The summed E-state index contributed by atoms with van der Waals surface area (Å²) in [5.74, 6) is 0.0255. The van der Waals surface area contributed by atoms with Gasteiger partial charge in [0.1, 0.15) is 0 Å². The average Bonchev–Trinajstić information content (AvgIpc) is 3.13. The average molecular weight is 376 g/mol. The first-order valence-corrected chi connectivity index (χ1v) is 8.70. The number of fused-ring (bicyclic) bond motifs is 1. The lowest BCUT2D eigenvalue weighted by Crippen LogP contribution is -2.42. The summed E-state index contributed by atoms with van der Waals surface area (Å²) in [6.45, 7) is 4.61. The summed E-state index contributed by atoms with van der Waals surface area (Å²) in [7, 11) is 1.50. The monoisotopic (exact) mass is 376 g/mol. The number of rotatable bonds is 8. The summed E-state index contributed by atoms with van der Waals surface area (Å²) in [5.41, 5.74) is 0.740. The van der Waals surface area contributed by atoms with Gasteiger partial charge in [-0.1, -0.05) is 6.07 Å². The van der Waals surface area contributed by atoms with Crippen LogP contribution in [0.3, 0.4) is 0 Å². The van der Waals surface area contributed by atoms with Gasteiger partial charge in [-0.05, 0) is 37.6 Å². The number of carbonyl (C=O) groups is 3. The topological polar surface area (TPSA) is 85.4 Å². The molecule has 0 fully saturated rings. The molecule has 1 aromatic rings. The molecule has 0 radical (unpaired) electrons. The van der Waals surface area contributed by atoms with Crippen molar-refractivity contribution in [2.75, 3.05) is 40.1 Å². The van der Waals surface area contributed by atoms with E-state index in [9.17, 15) is 14.4 Å². The Morgan fingerprint density at radius 3 is 2.52 bits per heavy atom. The van der Waals surface area contributed by atoms with Crippen molar-refractivity contribution in [1.29, 1.82) is 0 Å². The van der Waals surface area contributed by atoms with Crippen LogP contribution in [-0.4, -0.2) is 67.7 Å². The van der Waals surface area contributed by atoms with Crippen LogP contribution >= 0.6 is 0 Å². The van der Waals surface area contributed by atoms with E-state index < -0.39 is 18.5 Å². The van der Waals surface area contributed by atoms with Gasteiger partial charge in [-0.25, -0.2) is 4.79 Å². The van der Waals surface area contributed by atoms with Gasteiger partial charge < -0.3 is 24.0 Å². The molecule has 0 atom stereocenters. The minimum atomic E-state index is -0.649. The van der Waals surface area contributed by atoms with E-state index in [4.69, 9.17) is 14.2 Å². The van der Waals surface area contributed by atoms with Crippen molar-refractivity contribution in [3.63, 3.8) is 0 Å². The van der Waals surface area contributed by atoms with Crippen LogP contribution in [0.5, 0.6) is 11.5 Å². The molecule has 1 aliphatic rings. The van der Waals surface area contributed by atoms with E-state index in [-0.39, 0.29) is 19.2 Å². The molecule has 8 heteroatoms. The van der Waals surface area contributed by atoms with Crippen LogP contribution in [0.15, 0.2) is 24.3 Å². The van der Waals surface area contributed by atoms with Crippen molar-refractivity contribution in [3.05, 3.63) is 29.8 Å². The third-order valence-corrected chi connectivity index (χ3v) is 4.06. The smallest absolute Gasteiger partial charge is 0.331 e. The number of hydrogen-bond acceptors (Lipinski definition) is 6. The Hall–Kier alpha value is -3.03. The molecular weight excluding hydrogens is 352 g/mol. The fourth-order valence-corrected chi connectivity index (χ4v) is 2.44. The Morgan fingerprint density at radius 1 is 1.11 bits per heavy atom. The summed E-state index contributed by atoms with van der Waals surface area (Å²) >= 11 is 0. The van der Waals surface area contributed by atoms with Gasteiger partial charge in [-0.15, -0.1) is 0 Å². The highest BCUT2D eigenvalue weighted by molar-refractivity contribution is 5.90. The molecule has 8 nitrogen and oxygen atoms in total. The normalized spacial score (nSPS) is 12.1. The summed E-state index contributed by atoms with van der Waals surface area (Å²) in [6.07, 6.45) is 2.79. The van der Waals surface area contributed by atoms with Crippen molar-refractivity contribution >= 4 is 23.9 Å². The van der Waals surface area contributed by atoms with Crippen LogP contribution in [-0.2, 0) is 19.1 Å². The first kappa shape index (κ1) is 20.3. The van der Waals surface area contributed by atoms with Gasteiger partial charge in [0.2, 0.25) is 12.7 Å². The third-order valence-electron chi connectivity index (χ3n) is 4.06. The van der Waals surface area contributed by atoms with Gasteiger partial charge in [0.15, 0.2) is 18.1 Å². The van der Waals surface area contributed by atoms with Crippen molar-refractivity contribution < 1.29 is 28.6 Å². The molecule has 27 heavy (non-hydrogen) atoms. The maximum absolute atomic E-state index is 12.0. The molecular formula is C19H24N2O6. The number of hydrogen-bond donors (Lipinski definition) is 0. The molecule has 0 saturated heterocycles. The number of nitrogens with zero attached hydrogens (tertiary/aromatic N) is 2. The lowest BCUT2D eigenvalue weighted by Gasteiger charge is -2.23. The number of ether oxygens (including phenoxy) is 3. The number of likely N-dealkylation sites (N-methyl/N-ethyl adjacent to an activating group) is 2. The highest BCUT2D eigenvalue weighted by Gasteiger charge is 2.17. The summed E-state index contributed by atoms with van der Waals surface area (Å²) in [4.78, 5) is 38.7. The third kappa shape index (κ3) is 5.73. The molecule has 1 aliphatic heterocycles. The highest BCUT2D eigenvalue weighted by atomic mass is 16.7. The maximum atomic E-state index is 12.0. The second-order valence-corrected chi connectivity index (χ2v) is 5.87. The fraction of sp³-hybridized carbons (Fsp3) is 0.421. The van der Waals surface area contributed by atoms with Crippen molar-refractivity contribution in [3.8, 4) is 11.5 Å². The highest BCUT2D eigenvalue weighted by Crippen LogP contribution is 2.32. The van der Waals surface area contributed by atoms with E-state index in [0.717, 1.165) is 5.56 Å². The number of amides is 2. The molecule has 0 bridgehead atoms.